The fraction of sp³-hybridized carbons (Fsp3) is 0.143. The van der Waals surface area contributed by atoms with Crippen molar-refractivity contribution in [2.45, 2.75) is 17.9 Å². The highest BCUT2D eigenvalue weighted by Gasteiger charge is 2.26. The average Bonchev–Trinajstić information content (AvgIpc) is 2.47. The maximum absolute atomic E-state index is 12.1. The Balaban J connectivity index is 1.87. The van der Waals surface area contributed by atoms with Crippen molar-refractivity contribution in [1.82, 2.24) is 10.3 Å². The summed E-state index contributed by atoms with van der Waals surface area (Å²) in [5.74, 6) is 0.466. The predicted octanol–water partition coefficient (Wildman–Crippen LogP) is 1.90. The topological polar surface area (TPSA) is 83.5 Å². The van der Waals surface area contributed by atoms with E-state index in [0.29, 0.717) is 0 Å². The molecular weight excluding hydrogens is 288 g/mol. The van der Waals surface area contributed by atoms with Crippen molar-refractivity contribution < 1.29 is 8.42 Å². The van der Waals surface area contributed by atoms with E-state index in [-0.39, 0.29) is 22.7 Å². The quantitative estimate of drug-likeness (QED) is 0.885. The van der Waals surface area contributed by atoms with Gasteiger partial charge in [0.2, 0.25) is 5.96 Å². The van der Waals surface area contributed by atoms with Gasteiger partial charge >= 0.3 is 0 Å². The van der Waals surface area contributed by atoms with Crippen LogP contribution in [0.4, 0.5) is 5.82 Å². The minimum Gasteiger partial charge on any atom is -0.349 e. The van der Waals surface area contributed by atoms with Crippen LogP contribution in [-0.4, -0.2) is 19.4 Å². The second-order valence-corrected chi connectivity index (χ2v) is 6.24. The molecule has 1 aliphatic rings. The van der Waals surface area contributed by atoms with Crippen LogP contribution in [0, 0.1) is 0 Å². The van der Waals surface area contributed by atoms with Gasteiger partial charge in [-0.15, -0.1) is 4.40 Å². The summed E-state index contributed by atoms with van der Waals surface area (Å²) >= 11 is 0. The van der Waals surface area contributed by atoms with Crippen molar-refractivity contribution in [3.63, 3.8) is 0 Å². The van der Waals surface area contributed by atoms with Crippen molar-refractivity contribution >= 4 is 21.8 Å². The lowest BCUT2D eigenvalue weighted by atomic mass is 10.1. The molecule has 108 valence electrons. The van der Waals surface area contributed by atoms with Gasteiger partial charge in [-0.1, -0.05) is 30.3 Å². The fourth-order valence-electron chi connectivity index (χ4n) is 2.09. The van der Waals surface area contributed by atoms with Crippen molar-refractivity contribution in [3.8, 4) is 0 Å². The Hall–Kier alpha value is -2.41. The molecule has 2 heterocycles. The number of nitrogens with one attached hydrogen (secondary N) is 2. The van der Waals surface area contributed by atoms with E-state index in [1.54, 1.807) is 6.07 Å². The minimum absolute atomic E-state index is 0.0853. The molecule has 21 heavy (non-hydrogen) atoms. The Kier molecular flexibility index (Phi) is 3.34. The van der Waals surface area contributed by atoms with Crippen LogP contribution < -0.4 is 10.6 Å². The number of hydrogen-bond donors (Lipinski definition) is 2. The monoisotopic (exact) mass is 302 g/mol. The summed E-state index contributed by atoms with van der Waals surface area (Å²) in [5.41, 5.74) is 1.03. The zero-order valence-corrected chi connectivity index (χ0v) is 12.1. The number of guanidine groups is 1. The first kappa shape index (κ1) is 13.6. The van der Waals surface area contributed by atoms with Gasteiger partial charge in [0.15, 0.2) is 5.82 Å². The van der Waals surface area contributed by atoms with Gasteiger partial charge in [0.1, 0.15) is 4.90 Å². The number of benzene rings is 1. The van der Waals surface area contributed by atoms with Crippen LogP contribution in [0.15, 0.2) is 58.0 Å². The standard InChI is InChI=1S/C14H14N4O2S/c1-10(11-6-3-2-4-7-11)16-14-17-13-12(8-5-9-15-13)21(19,20)18-14/h2-10H,1H3,(H2,15,16,17,18). The molecule has 1 atom stereocenters. The maximum atomic E-state index is 12.1. The summed E-state index contributed by atoms with van der Waals surface area (Å²) in [7, 11) is -3.72. The molecule has 1 aromatic heterocycles. The van der Waals surface area contributed by atoms with Gasteiger partial charge in [-0.25, -0.2) is 4.98 Å². The van der Waals surface area contributed by atoms with Gasteiger partial charge < -0.3 is 10.6 Å². The van der Waals surface area contributed by atoms with Gasteiger partial charge in [0.25, 0.3) is 10.0 Å². The number of rotatable bonds is 2. The minimum atomic E-state index is -3.72. The first-order valence-electron chi connectivity index (χ1n) is 6.45. The molecule has 6 nitrogen and oxygen atoms in total. The Bertz CT molecular complexity index is 788. The first-order chi connectivity index (χ1) is 10.1. The largest absolute Gasteiger partial charge is 0.349 e. The highest BCUT2D eigenvalue weighted by atomic mass is 32.2. The molecule has 0 saturated carbocycles. The lowest BCUT2D eigenvalue weighted by molar-refractivity contribution is 0.596. The normalized spacial score (nSPS) is 17.1. The number of anilines is 1. The van der Waals surface area contributed by atoms with Gasteiger partial charge in [-0.05, 0) is 24.6 Å². The summed E-state index contributed by atoms with van der Waals surface area (Å²) in [6, 6.07) is 12.7. The molecule has 0 fully saturated rings. The third-order valence-electron chi connectivity index (χ3n) is 3.15. The van der Waals surface area contributed by atoms with Crippen LogP contribution in [0.1, 0.15) is 18.5 Å². The zero-order valence-electron chi connectivity index (χ0n) is 11.3. The van der Waals surface area contributed by atoms with E-state index in [1.807, 2.05) is 37.3 Å². The number of nitrogens with zero attached hydrogens (tertiary/aromatic N) is 2. The van der Waals surface area contributed by atoms with Crippen molar-refractivity contribution in [2.75, 3.05) is 5.32 Å². The van der Waals surface area contributed by atoms with Crippen LogP contribution >= 0.6 is 0 Å². The molecule has 0 radical (unpaired) electrons. The molecule has 0 saturated heterocycles. The van der Waals surface area contributed by atoms with Crippen molar-refractivity contribution in [3.05, 3.63) is 54.2 Å². The molecule has 0 spiro atoms. The maximum Gasteiger partial charge on any atom is 0.289 e. The molecule has 7 heteroatoms. The number of aromatic nitrogens is 1. The van der Waals surface area contributed by atoms with Crippen molar-refractivity contribution in [2.24, 2.45) is 4.40 Å². The van der Waals surface area contributed by atoms with Crippen molar-refractivity contribution in [1.29, 1.82) is 0 Å². The summed E-state index contributed by atoms with van der Waals surface area (Å²) in [6.45, 7) is 1.93. The summed E-state index contributed by atoms with van der Waals surface area (Å²) in [5, 5.41) is 5.95. The smallest absolute Gasteiger partial charge is 0.289 e. The van der Waals surface area contributed by atoms with Gasteiger partial charge in [-0.2, -0.15) is 8.42 Å². The molecule has 3 rings (SSSR count). The summed E-state index contributed by atoms with van der Waals surface area (Å²) in [4.78, 5) is 4.12. The van der Waals surface area contributed by atoms with E-state index in [4.69, 9.17) is 0 Å². The second-order valence-electron chi connectivity index (χ2n) is 4.67. The van der Waals surface area contributed by atoms with E-state index < -0.39 is 10.0 Å². The van der Waals surface area contributed by atoms with E-state index in [2.05, 4.69) is 20.0 Å². The first-order valence-corrected chi connectivity index (χ1v) is 7.89. The Labute approximate surface area is 123 Å². The molecule has 1 unspecified atom stereocenters. The number of hydrogen-bond acceptors (Lipinski definition) is 5. The molecule has 1 aromatic carbocycles. The van der Waals surface area contributed by atoms with Crippen LogP contribution in [-0.2, 0) is 10.0 Å². The molecule has 0 bridgehead atoms. The molecule has 0 aliphatic carbocycles. The Morgan fingerprint density at radius 1 is 1.14 bits per heavy atom. The summed E-state index contributed by atoms with van der Waals surface area (Å²) in [6.07, 6.45) is 1.53. The van der Waals surface area contributed by atoms with Crippen LogP contribution in [0.2, 0.25) is 0 Å². The van der Waals surface area contributed by atoms with Crippen LogP contribution in [0.25, 0.3) is 0 Å². The van der Waals surface area contributed by atoms with Gasteiger partial charge in [0, 0.05) is 6.20 Å². The average molecular weight is 302 g/mol. The molecule has 1 aliphatic heterocycles. The SMILES string of the molecule is CC(NC1=NS(=O)(=O)c2cccnc2N1)c1ccccc1. The molecule has 2 aromatic rings. The Morgan fingerprint density at radius 3 is 2.67 bits per heavy atom. The third-order valence-corrected chi connectivity index (χ3v) is 4.46. The second kappa shape index (κ2) is 5.17. The highest BCUT2D eigenvalue weighted by Crippen LogP contribution is 2.24. The third kappa shape index (κ3) is 2.73. The van der Waals surface area contributed by atoms with Gasteiger partial charge in [-0.3, -0.25) is 0 Å². The molecule has 2 N–H and O–H groups in total. The molecule has 0 amide bonds. The number of fused-ring (bicyclic) bond motifs is 1. The van der Waals surface area contributed by atoms with E-state index in [1.165, 1.54) is 12.3 Å². The summed E-state index contributed by atoms with van der Waals surface area (Å²) < 4.78 is 27.9. The van der Waals surface area contributed by atoms with Crippen LogP contribution in [0.5, 0.6) is 0 Å². The fourth-order valence-corrected chi connectivity index (χ4v) is 3.13. The zero-order chi connectivity index (χ0) is 14.9. The highest BCUT2D eigenvalue weighted by molar-refractivity contribution is 7.90. The van der Waals surface area contributed by atoms with E-state index >= 15 is 0 Å². The van der Waals surface area contributed by atoms with Gasteiger partial charge in [0.05, 0.1) is 6.04 Å². The number of sulfonamides is 1. The number of pyridine rings is 1. The lowest BCUT2D eigenvalue weighted by Crippen LogP contribution is -2.36. The van der Waals surface area contributed by atoms with E-state index in [9.17, 15) is 8.42 Å². The van der Waals surface area contributed by atoms with E-state index in [0.717, 1.165) is 5.56 Å². The predicted molar refractivity (Wildman–Crippen MR) is 80.5 cm³/mol. The van der Waals surface area contributed by atoms with Crippen LogP contribution in [0.3, 0.4) is 0 Å². The lowest BCUT2D eigenvalue weighted by Gasteiger charge is -2.21. The Morgan fingerprint density at radius 2 is 1.90 bits per heavy atom. The molecular formula is C14H14N4O2S.